The second-order valence-electron chi connectivity index (χ2n) is 3.87. The average Bonchev–Trinajstić information content (AvgIpc) is 2.23. The summed E-state index contributed by atoms with van der Waals surface area (Å²) in [6.45, 7) is 9.15. The minimum absolute atomic E-state index is 0.502. The first kappa shape index (κ1) is 11.9. The van der Waals surface area contributed by atoms with Crippen molar-refractivity contribution in [3.8, 4) is 5.75 Å². The Hall–Kier alpha value is -1.18. The predicted octanol–water partition coefficient (Wildman–Crippen LogP) is 3.60. The number of hydrogen-bond donors (Lipinski definition) is 1. The molecule has 1 unspecified atom stereocenters. The fourth-order valence-corrected chi connectivity index (χ4v) is 1.39. The highest BCUT2D eigenvalue weighted by Crippen LogP contribution is 2.23. The molecule has 15 heavy (non-hydrogen) atoms. The van der Waals surface area contributed by atoms with Gasteiger partial charge in [0.05, 0.1) is 6.61 Å². The van der Waals surface area contributed by atoms with Gasteiger partial charge in [-0.1, -0.05) is 13.0 Å². The number of hydrogen-bond acceptors (Lipinski definition) is 2. The van der Waals surface area contributed by atoms with E-state index in [9.17, 15) is 0 Å². The van der Waals surface area contributed by atoms with Gasteiger partial charge in [-0.05, 0) is 38.8 Å². The van der Waals surface area contributed by atoms with Crippen LogP contribution in [-0.2, 0) is 0 Å². The highest BCUT2D eigenvalue weighted by molar-refractivity contribution is 5.51. The van der Waals surface area contributed by atoms with Gasteiger partial charge in [-0.25, -0.2) is 0 Å². The van der Waals surface area contributed by atoms with E-state index in [4.69, 9.17) is 4.74 Å². The van der Waals surface area contributed by atoms with Gasteiger partial charge < -0.3 is 10.1 Å². The van der Waals surface area contributed by atoms with Crippen molar-refractivity contribution < 1.29 is 4.74 Å². The number of benzene rings is 1. The van der Waals surface area contributed by atoms with Crippen LogP contribution in [0.15, 0.2) is 18.2 Å². The largest absolute Gasteiger partial charge is 0.494 e. The molecule has 0 bridgehead atoms. The third-order valence-corrected chi connectivity index (χ3v) is 2.51. The zero-order valence-electron chi connectivity index (χ0n) is 10.1. The van der Waals surface area contributed by atoms with Crippen LogP contribution in [-0.4, -0.2) is 12.6 Å². The van der Waals surface area contributed by atoms with Crippen LogP contribution < -0.4 is 10.1 Å². The van der Waals surface area contributed by atoms with E-state index in [1.807, 2.05) is 6.92 Å². The van der Waals surface area contributed by atoms with Crippen molar-refractivity contribution in [3.63, 3.8) is 0 Å². The number of ether oxygens (including phenoxy) is 1. The molecule has 1 N–H and O–H groups in total. The maximum absolute atomic E-state index is 5.55. The number of anilines is 1. The number of rotatable bonds is 5. The Labute approximate surface area is 92.6 Å². The van der Waals surface area contributed by atoms with E-state index in [0.717, 1.165) is 17.9 Å². The Morgan fingerprint density at radius 2 is 2.07 bits per heavy atom. The first-order valence-corrected chi connectivity index (χ1v) is 5.67. The van der Waals surface area contributed by atoms with Crippen LogP contribution in [0.3, 0.4) is 0 Å². The van der Waals surface area contributed by atoms with Crippen LogP contribution in [0.25, 0.3) is 0 Å². The molecule has 2 nitrogen and oxygen atoms in total. The fraction of sp³-hybridized carbons (Fsp3) is 0.538. The summed E-state index contributed by atoms with van der Waals surface area (Å²) in [5, 5.41) is 3.44. The molecule has 0 amide bonds. The summed E-state index contributed by atoms with van der Waals surface area (Å²) >= 11 is 0. The van der Waals surface area contributed by atoms with Crippen molar-refractivity contribution in [2.45, 2.75) is 40.2 Å². The molecular formula is C13H21NO. The second-order valence-corrected chi connectivity index (χ2v) is 3.87. The SMILES string of the molecule is CCOc1cc(NC(C)CC)ccc1C. The van der Waals surface area contributed by atoms with Crippen molar-refractivity contribution in [2.24, 2.45) is 0 Å². The summed E-state index contributed by atoms with van der Waals surface area (Å²) in [4.78, 5) is 0. The molecule has 2 heteroatoms. The van der Waals surface area contributed by atoms with E-state index in [2.05, 4.69) is 44.3 Å². The lowest BCUT2D eigenvalue weighted by Crippen LogP contribution is -2.13. The Bertz CT molecular complexity index is 309. The van der Waals surface area contributed by atoms with Crippen LogP contribution in [0.5, 0.6) is 5.75 Å². The molecule has 0 radical (unpaired) electrons. The van der Waals surface area contributed by atoms with Crippen LogP contribution >= 0.6 is 0 Å². The van der Waals surface area contributed by atoms with E-state index in [0.29, 0.717) is 12.6 Å². The minimum atomic E-state index is 0.502. The third kappa shape index (κ3) is 3.46. The van der Waals surface area contributed by atoms with Gasteiger partial charge >= 0.3 is 0 Å². The minimum Gasteiger partial charge on any atom is -0.494 e. The lowest BCUT2D eigenvalue weighted by Gasteiger charge is -2.15. The summed E-state index contributed by atoms with van der Waals surface area (Å²) in [6.07, 6.45) is 1.12. The van der Waals surface area contributed by atoms with Gasteiger partial charge in [0.15, 0.2) is 0 Å². The smallest absolute Gasteiger partial charge is 0.124 e. The fourth-order valence-electron chi connectivity index (χ4n) is 1.39. The third-order valence-electron chi connectivity index (χ3n) is 2.51. The monoisotopic (exact) mass is 207 g/mol. The summed E-state index contributed by atoms with van der Waals surface area (Å²) in [6, 6.07) is 6.77. The van der Waals surface area contributed by atoms with Crippen molar-refractivity contribution in [1.82, 2.24) is 0 Å². The van der Waals surface area contributed by atoms with Gasteiger partial charge in [0.25, 0.3) is 0 Å². The van der Waals surface area contributed by atoms with Crippen LogP contribution in [0.2, 0.25) is 0 Å². The first-order chi connectivity index (χ1) is 7.17. The molecular weight excluding hydrogens is 186 g/mol. The molecule has 0 aliphatic carbocycles. The highest BCUT2D eigenvalue weighted by Gasteiger charge is 2.03. The maximum Gasteiger partial charge on any atom is 0.124 e. The van der Waals surface area contributed by atoms with Crippen molar-refractivity contribution in [2.75, 3.05) is 11.9 Å². The molecule has 0 heterocycles. The number of aryl methyl sites for hydroxylation is 1. The molecule has 0 aliphatic heterocycles. The normalized spacial score (nSPS) is 12.3. The van der Waals surface area contributed by atoms with E-state index in [1.165, 1.54) is 5.56 Å². The van der Waals surface area contributed by atoms with Crippen LogP contribution in [0.1, 0.15) is 32.8 Å². The number of nitrogens with one attached hydrogen (secondary N) is 1. The Kier molecular flexibility index (Phi) is 4.47. The van der Waals surface area contributed by atoms with Gasteiger partial charge in [-0.15, -0.1) is 0 Å². The lowest BCUT2D eigenvalue weighted by molar-refractivity contribution is 0.338. The van der Waals surface area contributed by atoms with Gasteiger partial charge in [0, 0.05) is 17.8 Å². The zero-order chi connectivity index (χ0) is 11.3. The predicted molar refractivity (Wildman–Crippen MR) is 65.7 cm³/mol. The Morgan fingerprint density at radius 3 is 2.67 bits per heavy atom. The van der Waals surface area contributed by atoms with E-state index in [1.54, 1.807) is 0 Å². The molecule has 0 saturated heterocycles. The van der Waals surface area contributed by atoms with Gasteiger partial charge in [-0.2, -0.15) is 0 Å². The van der Waals surface area contributed by atoms with Gasteiger partial charge in [-0.3, -0.25) is 0 Å². The van der Waals surface area contributed by atoms with E-state index < -0.39 is 0 Å². The topological polar surface area (TPSA) is 21.3 Å². The van der Waals surface area contributed by atoms with Crippen LogP contribution in [0.4, 0.5) is 5.69 Å². The van der Waals surface area contributed by atoms with Crippen molar-refractivity contribution >= 4 is 5.69 Å². The van der Waals surface area contributed by atoms with E-state index >= 15 is 0 Å². The molecule has 0 saturated carbocycles. The highest BCUT2D eigenvalue weighted by atomic mass is 16.5. The second kappa shape index (κ2) is 5.64. The summed E-state index contributed by atoms with van der Waals surface area (Å²) < 4.78 is 5.55. The van der Waals surface area contributed by atoms with Crippen molar-refractivity contribution in [1.29, 1.82) is 0 Å². The lowest BCUT2D eigenvalue weighted by atomic mass is 10.2. The van der Waals surface area contributed by atoms with E-state index in [-0.39, 0.29) is 0 Å². The van der Waals surface area contributed by atoms with Gasteiger partial charge in [0.2, 0.25) is 0 Å². The Balaban J connectivity index is 2.77. The molecule has 1 aromatic rings. The van der Waals surface area contributed by atoms with Crippen LogP contribution in [0, 0.1) is 6.92 Å². The molecule has 1 rings (SSSR count). The summed E-state index contributed by atoms with van der Waals surface area (Å²) in [5.41, 5.74) is 2.32. The average molecular weight is 207 g/mol. The molecule has 0 aromatic heterocycles. The van der Waals surface area contributed by atoms with Gasteiger partial charge in [0.1, 0.15) is 5.75 Å². The molecule has 84 valence electrons. The Morgan fingerprint density at radius 1 is 1.33 bits per heavy atom. The molecule has 0 spiro atoms. The maximum atomic E-state index is 5.55. The van der Waals surface area contributed by atoms with Crippen molar-refractivity contribution in [3.05, 3.63) is 23.8 Å². The zero-order valence-corrected chi connectivity index (χ0v) is 10.1. The molecule has 1 atom stereocenters. The molecule has 0 fully saturated rings. The molecule has 0 aliphatic rings. The summed E-state index contributed by atoms with van der Waals surface area (Å²) in [7, 11) is 0. The standard InChI is InChI=1S/C13H21NO/c1-5-11(4)14-12-8-7-10(3)13(9-12)15-6-2/h7-9,11,14H,5-6H2,1-4H3. The first-order valence-electron chi connectivity index (χ1n) is 5.67. The quantitative estimate of drug-likeness (QED) is 0.796. The molecule has 1 aromatic carbocycles. The summed E-state index contributed by atoms with van der Waals surface area (Å²) in [5.74, 6) is 0.978.